The molecule has 0 unspecified atom stereocenters. The molecule has 0 saturated carbocycles. The number of benzene rings is 1. The van der Waals surface area contributed by atoms with E-state index in [1.807, 2.05) is 0 Å². The Labute approximate surface area is 126 Å². The number of methoxy groups -OCH3 is 2. The number of carboxylic acid groups (broad SMARTS) is 1. The standard InChI is InChI=1S/C14H15N3O5/c1-17-12(9(7-15-17)14(19)20)13(18)16-10-6-8(21-2)4-5-11(10)22-3/h4-7H,1-3H3,(H,16,18)(H,19,20). The van der Waals surface area contributed by atoms with E-state index in [0.717, 1.165) is 6.20 Å². The number of carboxylic acids is 1. The number of carbonyl (C=O) groups is 2. The zero-order valence-electron chi connectivity index (χ0n) is 12.3. The molecule has 8 nitrogen and oxygen atoms in total. The molecular formula is C14H15N3O5. The van der Waals surface area contributed by atoms with Crippen LogP contribution in [0.15, 0.2) is 24.4 Å². The van der Waals surface area contributed by atoms with E-state index in [2.05, 4.69) is 10.4 Å². The first-order chi connectivity index (χ1) is 10.5. The van der Waals surface area contributed by atoms with Crippen molar-refractivity contribution in [2.24, 2.45) is 7.05 Å². The number of hydrogen-bond acceptors (Lipinski definition) is 5. The average Bonchev–Trinajstić information content (AvgIpc) is 2.89. The Morgan fingerprint density at radius 1 is 1.27 bits per heavy atom. The summed E-state index contributed by atoms with van der Waals surface area (Å²) in [6.45, 7) is 0. The zero-order valence-corrected chi connectivity index (χ0v) is 12.3. The average molecular weight is 305 g/mol. The Bertz CT molecular complexity index is 723. The molecule has 0 aliphatic carbocycles. The van der Waals surface area contributed by atoms with Crippen LogP contribution < -0.4 is 14.8 Å². The van der Waals surface area contributed by atoms with Crippen molar-refractivity contribution in [2.75, 3.05) is 19.5 Å². The van der Waals surface area contributed by atoms with Crippen molar-refractivity contribution in [3.63, 3.8) is 0 Å². The minimum atomic E-state index is -1.23. The molecule has 0 aliphatic heterocycles. The summed E-state index contributed by atoms with van der Waals surface area (Å²) in [7, 11) is 4.45. The van der Waals surface area contributed by atoms with Crippen LogP contribution in [0.25, 0.3) is 0 Å². The first kappa shape index (κ1) is 15.4. The molecule has 0 spiro atoms. The maximum Gasteiger partial charge on any atom is 0.339 e. The lowest BCUT2D eigenvalue weighted by Gasteiger charge is -2.12. The SMILES string of the molecule is COc1ccc(OC)c(NC(=O)c2c(C(=O)O)cnn2C)c1. The molecule has 0 atom stereocenters. The van der Waals surface area contributed by atoms with Crippen molar-refractivity contribution in [3.8, 4) is 11.5 Å². The van der Waals surface area contributed by atoms with E-state index in [0.29, 0.717) is 17.2 Å². The number of nitrogens with zero attached hydrogens (tertiary/aromatic N) is 2. The van der Waals surface area contributed by atoms with E-state index >= 15 is 0 Å². The van der Waals surface area contributed by atoms with E-state index in [4.69, 9.17) is 14.6 Å². The largest absolute Gasteiger partial charge is 0.497 e. The van der Waals surface area contributed by atoms with Gasteiger partial charge >= 0.3 is 5.97 Å². The van der Waals surface area contributed by atoms with Gasteiger partial charge in [-0.1, -0.05) is 0 Å². The van der Waals surface area contributed by atoms with Crippen LogP contribution in [-0.2, 0) is 7.05 Å². The van der Waals surface area contributed by atoms with Gasteiger partial charge in [-0.3, -0.25) is 9.48 Å². The van der Waals surface area contributed by atoms with Crippen molar-refractivity contribution in [1.29, 1.82) is 0 Å². The van der Waals surface area contributed by atoms with E-state index in [-0.39, 0.29) is 11.3 Å². The Kier molecular flexibility index (Phi) is 4.31. The predicted molar refractivity (Wildman–Crippen MR) is 77.7 cm³/mol. The van der Waals surface area contributed by atoms with Gasteiger partial charge in [0.1, 0.15) is 22.8 Å². The highest BCUT2D eigenvalue weighted by molar-refractivity contribution is 6.10. The number of carbonyl (C=O) groups excluding carboxylic acids is 1. The summed E-state index contributed by atoms with van der Waals surface area (Å²) < 4.78 is 11.5. The van der Waals surface area contributed by atoms with Gasteiger partial charge in [0, 0.05) is 13.1 Å². The molecule has 1 heterocycles. The summed E-state index contributed by atoms with van der Waals surface area (Å²) in [5.74, 6) is -0.882. The molecule has 0 saturated heterocycles. The van der Waals surface area contributed by atoms with E-state index in [1.54, 1.807) is 18.2 Å². The zero-order chi connectivity index (χ0) is 16.3. The summed E-state index contributed by atoms with van der Waals surface area (Å²) in [6, 6.07) is 4.89. The number of hydrogen-bond donors (Lipinski definition) is 2. The molecule has 22 heavy (non-hydrogen) atoms. The van der Waals surface area contributed by atoms with Gasteiger partial charge in [-0.15, -0.1) is 0 Å². The molecule has 0 bridgehead atoms. The molecule has 0 fully saturated rings. The lowest BCUT2D eigenvalue weighted by molar-refractivity contribution is 0.0692. The number of aryl methyl sites for hydroxylation is 1. The van der Waals surface area contributed by atoms with Gasteiger partial charge in [0.25, 0.3) is 5.91 Å². The van der Waals surface area contributed by atoms with Gasteiger partial charge in [-0.25, -0.2) is 4.79 Å². The van der Waals surface area contributed by atoms with Crippen molar-refractivity contribution in [2.45, 2.75) is 0 Å². The molecule has 116 valence electrons. The molecule has 2 rings (SSSR count). The summed E-state index contributed by atoms with van der Waals surface area (Å²) in [5, 5.41) is 15.5. The van der Waals surface area contributed by atoms with Crippen LogP contribution in [0.3, 0.4) is 0 Å². The van der Waals surface area contributed by atoms with E-state index in [1.165, 1.54) is 25.9 Å². The predicted octanol–water partition coefficient (Wildman–Crippen LogP) is 1.39. The van der Waals surface area contributed by atoms with Gasteiger partial charge in [0.2, 0.25) is 0 Å². The minimum absolute atomic E-state index is 0.0580. The first-order valence-corrected chi connectivity index (χ1v) is 6.26. The molecule has 1 aromatic carbocycles. The Morgan fingerprint density at radius 2 is 2.00 bits per heavy atom. The number of rotatable bonds is 5. The van der Waals surface area contributed by atoms with Crippen molar-refractivity contribution < 1.29 is 24.2 Å². The van der Waals surface area contributed by atoms with Crippen LogP contribution in [0, 0.1) is 0 Å². The van der Waals surface area contributed by atoms with Crippen molar-refractivity contribution >= 4 is 17.6 Å². The summed E-state index contributed by atoms with van der Waals surface area (Å²) in [5.41, 5.74) is 0.128. The highest BCUT2D eigenvalue weighted by atomic mass is 16.5. The second-order valence-corrected chi connectivity index (χ2v) is 4.36. The fraction of sp³-hybridized carbons (Fsp3) is 0.214. The number of ether oxygens (including phenoxy) is 2. The van der Waals surface area contributed by atoms with Crippen LogP contribution >= 0.6 is 0 Å². The van der Waals surface area contributed by atoms with Crippen LogP contribution in [0.4, 0.5) is 5.69 Å². The molecule has 2 N–H and O–H groups in total. The topological polar surface area (TPSA) is 103 Å². The molecule has 1 amide bonds. The van der Waals surface area contributed by atoms with Gasteiger partial charge in [0.15, 0.2) is 0 Å². The third-order valence-corrected chi connectivity index (χ3v) is 3.04. The minimum Gasteiger partial charge on any atom is -0.497 e. The monoisotopic (exact) mass is 305 g/mol. The summed E-state index contributed by atoms with van der Waals surface area (Å²) in [4.78, 5) is 23.5. The fourth-order valence-corrected chi connectivity index (χ4v) is 1.96. The van der Waals surface area contributed by atoms with E-state index in [9.17, 15) is 9.59 Å². The summed E-state index contributed by atoms with van der Waals surface area (Å²) >= 11 is 0. The van der Waals surface area contributed by atoms with Crippen LogP contribution in [0.2, 0.25) is 0 Å². The maximum atomic E-state index is 12.4. The number of aromatic nitrogens is 2. The molecule has 8 heteroatoms. The van der Waals surface area contributed by atoms with Crippen LogP contribution in [-0.4, -0.2) is 41.0 Å². The smallest absolute Gasteiger partial charge is 0.339 e. The number of nitrogens with one attached hydrogen (secondary N) is 1. The number of amides is 1. The van der Waals surface area contributed by atoms with Crippen LogP contribution in [0.5, 0.6) is 11.5 Å². The number of aromatic carboxylic acids is 1. The Hall–Kier alpha value is -3.03. The lowest BCUT2D eigenvalue weighted by Crippen LogP contribution is -2.19. The first-order valence-electron chi connectivity index (χ1n) is 6.26. The van der Waals surface area contributed by atoms with Crippen LogP contribution in [0.1, 0.15) is 20.8 Å². The van der Waals surface area contributed by atoms with E-state index < -0.39 is 11.9 Å². The highest BCUT2D eigenvalue weighted by Crippen LogP contribution is 2.29. The van der Waals surface area contributed by atoms with Crippen molar-refractivity contribution in [3.05, 3.63) is 35.7 Å². The van der Waals surface area contributed by atoms with Gasteiger partial charge in [-0.2, -0.15) is 5.10 Å². The van der Waals surface area contributed by atoms with Crippen molar-refractivity contribution in [1.82, 2.24) is 9.78 Å². The third kappa shape index (κ3) is 2.85. The lowest BCUT2D eigenvalue weighted by atomic mass is 10.2. The molecule has 1 aromatic heterocycles. The number of anilines is 1. The maximum absolute atomic E-state index is 12.4. The normalized spacial score (nSPS) is 10.1. The quantitative estimate of drug-likeness (QED) is 0.865. The molecule has 2 aromatic rings. The van der Waals surface area contributed by atoms with Gasteiger partial charge in [0.05, 0.1) is 26.1 Å². The Balaban J connectivity index is 2.37. The molecule has 0 aliphatic rings. The molecular weight excluding hydrogens is 290 g/mol. The highest BCUT2D eigenvalue weighted by Gasteiger charge is 2.22. The Morgan fingerprint density at radius 3 is 2.59 bits per heavy atom. The summed E-state index contributed by atoms with van der Waals surface area (Å²) in [6.07, 6.45) is 1.13. The molecule has 0 radical (unpaired) electrons. The second kappa shape index (κ2) is 6.17. The fourth-order valence-electron chi connectivity index (χ4n) is 1.96. The van der Waals surface area contributed by atoms with Gasteiger partial charge in [-0.05, 0) is 12.1 Å². The van der Waals surface area contributed by atoms with Gasteiger partial charge < -0.3 is 19.9 Å². The third-order valence-electron chi connectivity index (χ3n) is 3.04. The second-order valence-electron chi connectivity index (χ2n) is 4.36.